The number of Topliss-reactive ketones (excluding diaryl/α,β-unsaturated/α-hetero) is 1. The van der Waals surface area contributed by atoms with Crippen molar-refractivity contribution in [2.75, 3.05) is 12.4 Å². The maximum Gasteiger partial charge on any atom is 0.277 e. The molecule has 1 amide bonds. The van der Waals surface area contributed by atoms with Gasteiger partial charge in [-0.3, -0.25) is 9.59 Å². The van der Waals surface area contributed by atoms with E-state index < -0.39 is 17.4 Å². The quantitative estimate of drug-likeness (QED) is 0.619. The summed E-state index contributed by atoms with van der Waals surface area (Å²) >= 11 is 6.04. The zero-order chi connectivity index (χ0) is 21.6. The van der Waals surface area contributed by atoms with Gasteiger partial charge in [0.25, 0.3) is 11.5 Å². The van der Waals surface area contributed by atoms with E-state index in [4.69, 9.17) is 21.2 Å². The SMILES string of the molecule is COc1cccc(C(=O)[C@H]2C(c3ccc(Cl)cc3)=NO[C@]23C(=O)Nc2ccccc23)c1. The standard InChI is InChI=1S/C24H17ClN2O4/c1-30-17-6-4-5-15(13-17)22(28)20-21(14-9-11-16(25)12-10-14)27-31-24(20)18-7-2-3-8-19(18)26-23(24)29/h2-13,20H,1H3,(H,26,29)/t20-,24+/m1/s1. The number of hydrogen-bond acceptors (Lipinski definition) is 5. The molecule has 6 nitrogen and oxygen atoms in total. The molecule has 0 fully saturated rings. The van der Waals surface area contributed by atoms with Gasteiger partial charge in [0.05, 0.1) is 7.11 Å². The van der Waals surface area contributed by atoms with Crippen LogP contribution in [0.5, 0.6) is 5.75 Å². The van der Waals surface area contributed by atoms with Crippen molar-refractivity contribution < 1.29 is 19.2 Å². The number of carbonyl (C=O) groups is 2. The molecule has 0 saturated carbocycles. The number of fused-ring (bicyclic) bond motifs is 2. The fourth-order valence-electron chi connectivity index (χ4n) is 4.14. The first-order chi connectivity index (χ1) is 15.0. The van der Waals surface area contributed by atoms with Crippen molar-refractivity contribution >= 4 is 34.7 Å². The summed E-state index contributed by atoms with van der Waals surface area (Å²) < 4.78 is 5.28. The van der Waals surface area contributed by atoms with Crippen LogP contribution in [0.15, 0.2) is 78.0 Å². The number of benzene rings is 3. The minimum Gasteiger partial charge on any atom is -0.497 e. The van der Waals surface area contributed by atoms with Gasteiger partial charge in [-0.05, 0) is 30.3 Å². The van der Waals surface area contributed by atoms with Crippen molar-refractivity contribution in [3.63, 3.8) is 0 Å². The van der Waals surface area contributed by atoms with Crippen LogP contribution < -0.4 is 10.1 Å². The van der Waals surface area contributed by atoms with E-state index in [1.54, 1.807) is 66.7 Å². The van der Waals surface area contributed by atoms with Crippen LogP contribution in [0.4, 0.5) is 5.69 Å². The molecule has 3 aromatic rings. The predicted molar refractivity (Wildman–Crippen MR) is 117 cm³/mol. The lowest BCUT2D eigenvalue weighted by molar-refractivity contribution is -0.140. The van der Waals surface area contributed by atoms with Crippen molar-refractivity contribution in [2.24, 2.45) is 11.1 Å². The number of methoxy groups -OCH3 is 1. The van der Waals surface area contributed by atoms with Gasteiger partial charge in [0.15, 0.2) is 5.78 Å². The number of ether oxygens (including phenoxy) is 1. The smallest absolute Gasteiger partial charge is 0.277 e. The highest BCUT2D eigenvalue weighted by molar-refractivity contribution is 6.31. The predicted octanol–water partition coefficient (Wildman–Crippen LogP) is 4.43. The number of anilines is 1. The summed E-state index contributed by atoms with van der Waals surface area (Å²) in [6.45, 7) is 0. The molecule has 0 bridgehead atoms. The van der Waals surface area contributed by atoms with Gasteiger partial charge >= 0.3 is 0 Å². The average molecular weight is 433 g/mol. The molecule has 0 radical (unpaired) electrons. The van der Waals surface area contributed by atoms with Crippen LogP contribution in [0, 0.1) is 5.92 Å². The zero-order valence-electron chi connectivity index (χ0n) is 16.5. The third-order valence-corrected chi connectivity index (χ3v) is 5.89. The number of amides is 1. The molecule has 7 heteroatoms. The second-order valence-corrected chi connectivity index (χ2v) is 7.78. The Labute approximate surface area is 183 Å². The van der Waals surface area contributed by atoms with Crippen LogP contribution in [0.3, 0.4) is 0 Å². The molecule has 0 aromatic heterocycles. The third-order valence-electron chi connectivity index (χ3n) is 5.64. The monoisotopic (exact) mass is 432 g/mol. The first-order valence-corrected chi connectivity index (χ1v) is 10.0. The summed E-state index contributed by atoms with van der Waals surface area (Å²) in [6, 6.07) is 20.9. The van der Waals surface area contributed by atoms with Gasteiger partial charge in [-0.2, -0.15) is 0 Å². The second kappa shape index (κ2) is 7.25. The maximum absolute atomic E-state index is 13.9. The van der Waals surface area contributed by atoms with Gasteiger partial charge in [-0.1, -0.05) is 59.2 Å². The number of para-hydroxylation sites is 1. The fraction of sp³-hybridized carbons (Fsp3) is 0.125. The molecule has 2 heterocycles. The molecule has 2 atom stereocenters. The number of halogens is 1. The van der Waals surface area contributed by atoms with Crippen molar-refractivity contribution in [3.05, 3.63) is 94.5 Å². The molecule has 31 heavy (non-hydrogen) atoms. The van der Waals surface area contributed by atoms with E-state index in [-0.39, 0.29) is 5.78 Å². The summed E-state index contributed by atoms with van der Waals surface area (Å²) in [5.41, 5.74) is 1.01. The number of carbonyl (C=O) groups excluding carboxylic acids is 2. The number of nitrogens with one attached hydrogen (secondary N) is 1. The second-order valence-electron chi connectivity index (χ2n) is 7.34. The summed E-state index contributed by atoms with van der Waals surface area (Å²) in [5, 5.41) is 7.64. The van der Waals surface area contributed by atoms with E-state index in [1.807, 2.05) is 6.07 Å². The van der Waals surface area contributed by atoms with Crippen LogP contribution in [0.1, 0.15) is 21.5 Å². The van der Waals surface area contributed by atoms with E-state index in [9.17, 15) is 9.59 Å². The van der Waals surface area contributed by atoms with Crippen molar-refractivity contribution in [1.82, 2.24) is 0 Å². The van der Waals surface area contributed by atoms with E-state index in [0.29, 0.717) is 38.9 Å². The normalized spacial score (nSPS) is 21.3. The fourth-order valence-corrected chi connectivity index (χ4v) is 4.27. The molecule has 5 rings (SSSR count). The maximum atomic E-state index is 13.9. The van der Waals surface area contributed by atoms with E-state index in [2.05, 4.69) is 10.5 Å². The largest absolute Gasteiger partial charge is 0.497 e. The highest BCUT2D eigenvalue weighted by Gasteiger charge is 2.63. The Morgan fingerprint density at radius 1 is 1.10 bits per heavy atom. The van der Waals surface area contributed by atoms with Crippen LogP contribution in [0.25, 0.3) is 0 Å². The van der Waals surface area contributed by atoms with Crippen molar-refractivity contribution in [1.29, 1.82) is 0 Å². The van der Waals surface area contributed by atoms with Gasteiger partial charge < -0.3 is 14.9 Å². The van der Waals surface area contributed by atoms with Gasteiger partial charge in [-0.15, -0.1) is 0 Å². The van der Waals surface area contributed by atoms with Gasteiger partial charge in [0.2, 0.25) is 0 Å². The lowest BCUT2D eigenvalue weighted by Gasteiger charge is -2.26. The van der Waals surface area contributed by atoms with Gasteiger partial charge in [0, 0.05) is 27.4 Å². The highest BCUT2D eigenvalue weighted by Crippen LogP contribution is 2.49. The molecule has 0 saturated heterocycles. The van der Waals surface area contributed by atoms with Crippen LogP contribution >= 0.6 is 11.6 Å². The highest BCUT2D eigenvalue weighted by atomic mass is 35.5. The molecular formula is C24H17ClN2O4. The van der Waals surface area contributed by atoms with Crippen LogP contribution in [-0.4, -0.2) is 24.5 Å². The lowest BCUT2D eigenvalue weighted by atomic mass is 9.74. The summed E-state index contributed by atoms with van der Waals surface area (Å²) in [6.07, 6.45) is 0. The summed E-state index contributed by atoms with van der Waals surface area (Å²) in [4.78, 5) is 32.9. The molecule has 154 valence electrons. The Bertz CT molecular complexity index is 1240. The van der Waals surface area contributed by atoms with Crippen LogP contribution in [0.2, 0.25) is 5.02 Å². The Kier molecular flexibility index (Phi) is 4.52. The van der Waals surface area contributed by atoms with E-state index in [1.165, 1.54) is 7.11 Å². The van der Waals surface area contributed by atoms with Gasteiger partial charge in [-0.25, -0.2) is 0 Å². The third kappa shape index (κ3) is 2.91. The molecule has 1 N–H and O–H groups in total. The number of oxime groups is 1. The zero-order valence-corrected chi connectivity index (χ0v) is 17.2. The summed E-state index contributed by atoms with van der Waals surface area (Å²) in [7, 11) is 1.53. The minimum atomic E-state index is -1.59. The number of ketones is 1. The van der Waals surface area contributed by atoms with E-state index >= 15 is 0 Å². The minimum absolute atomic E-state index is 0.294. The summed E-state index contributed by atoms with van der Waals surface area (Å²) in [5.74, 6) is -1.18. The molecule has 3 aromatic carbocycles. The number of hydrogen-bond donors (Lipinski definition) is 1. The first-order valence-electron chi connectivity index (χ1n) is 9.66. The average Bonchev–Trinajstić information content (AvgIpc) is 3.33. The number of rotatable bonds is 4. The van der Waals surface area contributed by atoms with Crippen LogP contribution in [-0.2, 0) is 15.2 Å². The molecular weight excluding hydrogens is 416 g/mol. The Hall–Kier alpha value is -3.64. The molecule has 1 spiro atoms. The molecule has 0 aliphatic carbocycles. The Morgan fingerprint density at radius 2 is 1.87 bits per heavy atom. The van der Waals surface area contributed by atoms with Crippen molar-refractivity contribution in [3.8, 4) is 5.75 Å². The topological polar surface area (TPSA) is 77.0 Å². The molecule has 0 unspecified atom stereocenters. The first kappa shape index (κ1) is 19.3. The molecule has 2 aliphatic heterocycles. The van der Waals surface area contributed by atoms with Gasteiger partial charge in [0.1, 0.15) is 17.4 Å². The lowest BCUT2D eigenvalue weighted by Crippen LogP contribution is -2.46. The Balaban J connectivity index is 1.69. The number of nitrogens with zero attached hydrogens (tertiary/aromatic N) is 1. The molecule has 2 aliphatic rings. The van der Waals surface area contributed by atoms with E-state index in [0.717, 1.165) is 0 Å². The Morgan fingerprint density at radius 3 is 2.65 bits per heavy atom. The van der Waals surface area contributed by atoms with Crippen molar-refractivity contribution in [2.45, 2.75) is 5.60 Å².